The number of halogens is 4. The van der Waals surface area contributed by atoms with E-state index in [-0.39, 0.29) is 6.42 Å². The van der Waals surface area contributed by atoms with Crippen molar-refractivity contribution in [1.29, 1.82) is 0 Å². The van der Waals surface area contributed by atoms with Crippen molar-refractivity contribution in [3.05, 3.63) is 88.1 Å². The molecule has 0 saturated carbocycles. The van der Waals surface area contributed by atoms with Crippen LogP contribution in [0.25, 0.3) is 0 Å². The van der Waals surface area contributed by atoms with E-state index in [1.165, 1.54) is 17.8 Å². The summed E-state index contributed by atoms with van der Waals surface area (Å²) in [6.45, 7) is 2.49. The second-order valence-corrected chi connectivity index (χ2v) is 10.0. The first-order valence-corrected chi connectivity index (χ1v) is 13.0. The minimum atomic E-state index is -4.45. The summed E-state index contributed by atoms with van der Waals surface area (Å²) >= 11 is 7.64. The van der Waals surface area contributed by atoms with Crippen LogP contribution in [0.1, 0.15) is 41.7 Å². The van der Waals surface area contributed by atoms with E-state index >= 15 is 0 Å². The van der Waals surface area contributed by atoms with E-state index in [2.05, 4.69) is 4.98 Å². The van der Waals surface area contributed by atoms with Crippen LogP contribution in [-0.4, -0.2) is 40.4 Å². The number of pyridine rings is 1. The Bertz CT molecular complexity index is 1220. The Morgan fingerprint density at radius 1 is 1.16 bits per heavy atom. The fourth-order valence-electron chi connectivity index (χ4n) is 4.00. The molecule has 1 aliphatic heterocycles. The van der Waals surface area contributed by atoms with Gasteiger partial charge in [-0.3, -0.25) is 4.79 Å². The van der Waals surface area contributed by atoms with Crippen molar-refractivity contribution in [2.75, 3.05) is 12.4 Å². The second-order valence-electron chi connectivity index (χ2n) is 8.59. The third-order valence-corrected chi connectivity index (χ3v) is 7.33. The van der Waals surface area contributed by atoms with Crippen molar-refractivity contribution in [3.8, 4) is 5.75 Å². The summed E-state index contributed by atoms with van der Waals surface area (Å²) in [7, 11) is 0. The summed E-state index contributed by atoms with van der Waals surface area (Å²) in [5.41, 5.74) is 1.57. The van der Waals surface area contributed by atoms with Crippen LogP contribution in [0.15, 0.2) is 65.8 Å². The molecule has 0 amide bonds. The highest BCUT2D eigenvalue weighted by Crippen LogP contribution is 2.34. The average molecular weight is 552 g/mol. The number of carbonyl (C=O) groups excluding carboxylic acids is 1. The van der Waals surface area contributed by atoms with E-state index in [0.717, 1.165) is 29.1 Å². The number of thioether (sulfide) groups is 1. The van der Waals surface area contributed by atoms with Gasteiger partial charge in [-0.25, -0.2) is 4.98 Å². The lowest BCUT2D eigenvalue weighted by atomic mass is 9.93. The van der Waals surface area contributed by atoms with E-state index in [4.69, 9.17) is 21.1 Å². The number of aromatic nitrogens is 1. The number of aliphatic hydroxyl groups is 1. The van der Waals surface area contributed by atoms with E-state index in [1.54, 1.807) is 18.2 Å². The van der Waals surface area contributed by atoms with Crippen LogP contribution in [0.5, 0.6) is 5.75 Å². The van der Waals surface area contributed by atoms with E-state index < -0.39 is 35.8 Å². The molecule has 1 aromatic heterocycles. The molecular weight excluding hydrogens is 527 g/mol. The third-order valence-electron chi connectivity index (χ3n) is 5.88. The van der Waals surface area contributed by atoms with Crippen LogP contribution < -0.4 is 4.74 Å². The molecular formula is C27H25ClF3NO4S. The van der Waals surface area contributed by atoms with Crippen molar-refractivity contribution in [1.82, 2.24) is 4.98 Å². The molecule has 3 atom stereocenters. The molecule has 10 heteroatoms. The standard InChI is InChI=1S/C27H25ClF3NO4S/c1-2-35-20-7-3-16(4-8-20)11-18-12-17(5-9-22(18)28)26-25(34)23(33)13-21(36-26)15-37-24-10-6-19(14-32-24)27(29,30)31/h3-10,12,14,21,23,26,33H,2,11,13,15H2,1H3/t21-,23?,26-/m0/s1. The predicted molar refractivity (Wildman–Crippen MR) is 135 cm³/mol. The summed E-state index contributed by atoms with van der Waals surface area (Å²) in [6, 6.07) is 15.1. The highest BCUT2D eigenvalue weighted by Gasteiger charge is 2.37. The largest absolute Gasteiger partial charge is 0.494 e. The molecule has 3 aromatic rings. The number of carbonyl (C=O) groups is 1. The molecule has 5 nitrogen and oxygen atoms in total. The number of aliphatic hydroxyl groups excluding tert-OH is 1. The monoisotopic (exact) mass is 551 g/mol. The van der Waals surface area contributed by atoms with E-state index in [1.807, 2.05) is 31.2 Å². The lowest BCUT2D eigenvalue weighted by molar-refractivity contribution is -0.155. The van der Waals surface area contributed by atoms with Crippen molar-refractivity contribution in [2.24, 2.45) is 0 Å². The Morgan fingerprint density at radius 2 is 1.92 bits per heavy atom. The average Bonchev–Trinajstić information content (AvgIpc) is 2.87. The number of benzene rings is 2. The van der Waals surface area contributed by atoms with Gasteiger partial charge in [-0.2, -0.15) is 13.2 Å². The molecule has 1 fully saturated rings. The van der Waals surface area contributed by atoms with Gasteiger partial charge in [-0.1, -0.05) is 35.9 Å². The summed E-state index contributed by atoms with van der Waals surface area (Å²) < 4.78 is 49.8. The zero-order chi connectivity index (χ0) is 26.6. The van der Waals surface area contributed by atoms with Crippen LogP contribution in [0.2, 0.25) is 5.02 Å². The minimum Gasteiger partial charge on any atom is -0.494 e. The smallest absolute Gasteiger partial charge is 0.417 e. The van der Waals surface area contributed by atoms with Gasteiger partial charge in [0.1, 0.15) is 18.0 Å². The highest BCUT2D eigenvalue weighted by molar-refractivity contribution is 7.99. The number of ketones is 1. The van der Waals surface area contributed by atoms with Gasteiger partial charge in [0.25, 0.3) is 0 Å². The molecule has 2 heterocycles. The molecule has 1 aliphatic rings. The number of Topliss-reactive ketones (excluding diaryl/α,β-unsaturated/α-hetero) is 1. The van der Waals surface area contributed by atoms with Crippen molar-refractivity contribution in [2.45, 2.75) is 49.3 Å². The quantitative estimate of drug-likeness (QED) is 0.332. The maximum atomic E-state index is 12.8. The summed E-state index contributed by atoms with van der Waals surface area (Å²) in [4.78, 5) is 16.6. The Balaban J connectivity index is 1.45. The maximum Gasteiger partial charge on any atom is 0.417 e. The first kappa shape index (κ1) is 27.4. The van der Waals surface area contributed by atoms with Gasteiger partial charge in [-0.15, -0.1) is 11.8 Å². The van der Waals surface area contributed by atoms with Gasteiger partial charge < -0.3 is 14.6 Å². The van der Waals surface area contributed by atoms with Crippen LogP contribution in [0.4, 0.5) is 13.2 Å². The first-order valence-electron chi connectivity index (χ1n) is 11.7. The number of nitrogens with zero attached hydrogens (tertiary/aromatic N) is 1. The Kier molecular flexibility index (Phi) is 8.79. The fourth-order valence-corrected chi connectivity index (χ4v) is 5.05. The van der Waals surface area contributed by atoms with Crippen LogP contribution >= 0.6 is 23.4 Å². The van der Waals surface area contributed by atoms with Crippen LogP contribution in [0.3, 0.4) is 0 Å². The second kappa shape index (κ2) is 11.9. The molecule has 0 spiro atoms. The first-order chi connectivity index (χ1) is 17.6. The molecule has 0 bridgehead atoms. The number of hydrogen-bond donors (Lipinski definition) is 1. The lowest BCUT2D eigenvalue weighted by Crippen LogP contribution is -2.41. The molecule has 2 aromatic carbocycles. The Morgan fingerprint density at radius 3 is 2.57 bits per heavy atom. The molecule has 37 heavy (non-hydrogen) atoms. The number of hydrogen-bond acceptors (Lipinski definition) is 6. The van der Waals surface area contributed by atoms with Gasteiger partial charge in [0, 0.05) is 23.4 Å². The minimum absolute atomic E-state index is 0.0929. The van der Waals surface area contributed by atoms with Gasteiger partial charge >= 0.3 is 6.18 Å². The predicted octanol–water partition coefficient (Wildman–Crippen LogP) is 6.30. The van der Waals surface area contributed by atoms with E-state index in [9.17, 15) is 23.1 Å². The molecule has 1 N–H and O–H groups in total. The van der Waals surface area contributed by atoms with Gasteiger partial charge in [0.15, 0.2) is 5.78 Å². The topological polar surface area (TPSA) is 68.7 Å². The SMILES string of the molecule is CCOc1ccc(Cc2cc([C@@H]3O[C@H](CSc4ccc(C(F)(F)F)cn4)CC(O)C3=O)ccc2Cl)cc1. The zero-order valence-electron chi connectivity index (χ0n) is 19.9. The van der Waals surface area contributed by atoms with Gasteiger partial charge in [-0.05, 0) is 60.4 Å². The normalized spacial score (nSPS) is 20.2. The molecule has 0 radical (unpaired) electrons. The summed E-state index contributed by atoms with van der Waals surface area (Å²) in [5.74, 6) is 0.645. The highest BCUT2D eigenvalue weighted by atomic mass is 35.5. The maximum absolute atomic E-state index is 12.8. The fraction of sp³-hybridized carbons (Fsp3) is 0.333. The molecule has 1 unspecified atom stereocenters. The van der Waals surface area contributed by atoms with Gasteiger partial charge in [0.2, 0.25) is 0 Å². The third kappa shape index (κ3) is 7.04. The Labute approximate surface area is 222 Å². The summed E-state index contributed by atoms with van der Waals surface area (Å²) in [6.07, 6.45) is -5.74. The lowest BCUT2D eigenvalue weighted by Gasteiger charge is -2.32. The Hall–Kier alpha value is -2.59. The number of alkyl halides is 3. The summed E-state index contributed by atoms with van der Waals surface area (Å²) in [5, 5.41) is 11.4. The van der Waals surface area contributed by atoms with E-state index in [0.29, 0.717) is 34.4 Å². The van der Waals surface area contributed by atoms with Crippen molar-refractivity contribution >= 4 is 29.1 Å². The molecule has 196 valence electrons. The molecule has 1 saturated heterocycles. The van der Waals surface area contributed by atoms with Gasteiger partial charge in [0.05, 0.1) is 23.3 Å². The van der Waals surface area contributed by atoms with Crippen molar-refractivity contribution < 1.29 is 32.5 Å². The van der Waals surface area contributed by atoms with Crippen LogP contribution in [0, 0.1) is 0 Å². The number of rotatable bonds is 8. The molecule has 0 aliphatic carbocycles. The molecule has 4 rings (SSSR count). The van der Waals surface area contributed by atoms with Crippen molar-refractivity contribution in [3.63, 3.8) is 0 Å². The zero-order valence-corrected chi connectivity index (χ0v) is 21.4. The number of ether oxygens (including phenoxy) is 2. The van der Waals surface area contributed by atoms with Crippen LogP contribution in [-0.2, 0) is 22.1 Å².